The zero-order chi connectivity index (χ0) is 18.9. The molecule has 0 radical (unpaired) electrons. The first-order valence-corrected chi connectivity index (χ1v) is 9.47. The molecule has 0 heterocycles. The lowest BCUT2D eigenvalue weighted by Gasteiger charge is -2.23. The van der Waals surface area contributed by atoms with Crippen LogP contribution < -0.4 is 0 Å². The molecule has 0 unspecified atom stereocenters. The van der Waals surface area contributed by atoms with Crippen LogP contribution in [0.25, 0.3) is 22.3 Å². The minimum absolute atomic E-state index is 0.124. The average molecular weight is 343 g/mol. The molecule has 134 valence electrons. The molecule has 0 fully saturated rings. The fourth-order valence-electron chi connectivity index (χ4n) is 3.42. The van der Waals surface area contributed by atoms with Crippen molar-refractivity contribution in [3.05, 3.63) is 83.9 Å². The Morgan fingerprint density at radius 1 is 0.500 bits per heavy atom. The average Bonchev–Trinajstić information content (AvgIpc) is 2.60. The number of rotatable bonds is 2. The summed E-state index contributed by atoms with van der Waals surface area (Å²) in [6.07, 6.45) is 0. The summed E-state index contributed by atoms with van der Waals surface area (Å²) in [4.78, 5) is 0. The molecule has 0 aromatic heterocycles. The van der Waals surface area contributed by atoms with Crippen LogP contribution in [0.5, 0.6) is 0 Å². The van der Waals surface area contributed by atoms with Crippen LogP contribution in [0.1, 0.15) is 52.7 Å². The lowest BCUT2D eigenvalue weighted by Crippen LogP contribution is -2.12. The molecule has 0 bridgehead atoms. The van der Waals surface area contributed by atoms with Crippen molar-refractivity contribution in [2.24, 2.45) is 0 Å². The molecular weight excluding hydrogens is 312 g/mol. The van der Waals surface area contributed by atoms with E-state index in [9.17, 15) is 0 Å². The van der Waals surface area contributed by atoms with Crippen molar-refractivity contribution in [1.82, 2.24) is 0 Å². The molecule has 26 heavy (non-hydrogen) atoms. The summed E-state index contributed by atoms with van der Waals surface area (Å²) in [5.74, 6) is 0. The maximum atomic E-state index is 2.33. The highest BCUT2D eigenvalue weighted by Crippen LogP contribution is 2.35. The quantitative estimate of drug-likeness (QED) is 0.449. The van der Waals surface area contributed by atoms with E-state index in [1.54, 1.807) is 0 Å². The second kappa shape index (κ2) is 6.76. The Hall–Kier alpha value is -2.34. The van der Waals surface area contributed by atoms with Crippen LogP contribution >= 0.6 is 0 Å². The summed E-state index contributed by atoms with van der Waals surface area (Å²) in [6, 6.07) is 26.6. The van der Waals surface area contributed by atoms with Gasteiger partial charge in [-0.3, -0.25) is 0 Å². The second-order valence-electron chi connectivity index (χ2n) is 9.21. The van der Waals surface area contributed by atoms with E-state index in [4.69, 9.17) is 0 Å². The summed E-state index contributed by atoms with van der Waals surface area (Å²) in [6.45, 7) is 13.6. The van der Waals surface area contributed by atoms with Gasteiger partial charge in [0.15, 0.2) is 0 Å². The summed E-state index contributed by atoms with van der Waals surface area (Å²) in [5.41, 5.74) is 8.22. The van der Waals surface area contributed by atoms with Crippen molar-refractivity contribution in [1.29, 1.82) is 0 Å². The first-order chi connectivity index (χ1) is 12.2. The molecule has 0 spiro atoms. The molecule has 0 heteroatoms. The lowest BCUT2D eigenvalue weighted by atomic mass is 9.81. The van der Waals surface area contributed by atoms with Gasteiger partial charge in [0, 0.05) is 0 Å². The molecule has 0 nitrogen and oxygen atoms in total. The Bertz CT molecular complexity index is 902. The topological polar surface area (TPSA) is 0 Å². The third-order valence-electron chi connectivity index (χ3n) is 4.97. The molecule has 3 aromatic carbocycles. The van der Waals surface area contributed by atoms with Crippen molar-refractivity contribution >= 4 is 0 Å². The van der Waals surface area contributed by atoms with Crippen molar-refractivity contribution in [3.63, 3.8) is 0 Å². The van der Waals surface area contributed by atoms with Crippen LogP contribution in [0, 0.1) is 0 Å². The largest absolute Gasteiger partial charge is 0.0619 e. The summed E-state index contributed by atoms with van der Waals surface area (Å²) in [5, 5.41) is 0. The number of hydrogen-bond acceptors (Lipinski definition) is 0. The zero-order valence-corrected chi connectivity index (χ0v) is 16.9. The van der Waals surface area contributed by atoms with Gasteiger partial charge in [0.2, 0.25) is 0 Å². The first-order valence-electron chi connectivity index (χ1n) is 9.47. The van der Waals surface area contributed by atoms with E-state index in [2.05, 4.69) is 114 Å². The van der Waals surface area contributed by atoms with Crippen LogP contribution in [0.3, 0.4) is 0 Å². The zero-order valence-electron chi connectivity index (χ0n) is 16.9. The molecule has 0 amide bonds. The van der Waals surface area contributed by atoms with E-state index in [0.29, 0.717) is 0 Å². The van der Waals surface area contributed by atoms with Crippen LogP contribution in [-0.4, -0.2) is 0 Å². The van der Waals surface area contributed by atoms with Gasteiger partial charge >= 0.3 is 0 Å². The molecule has 3 aromatic rings. The van der Waals surface area contributed by atoms with Crippen molar-refractivity contribution in [2.45, 2.75) is 52.4 Å². The molecule has 0 N–H and O–H groups in total. The number of hydrogen-bond donors (Lipinski definition) is 0. The van der Waals surface area contributed by atoms with Gasteiger partial charge in [0.05, 0.1) is 0 Å². The smallest absolute Gasteiger partial charge is 0.0126 e. The summed E-state index contributed by atoms with van der Waals surface area (Å²) in [7, 11) is 0. The highest BCUT2D eigenvalue weighted by molar-refractivity contribution is 5.75. The van der Waals surface area contributed by atoms with Crippen LogP contribution in [0.4, 0.5) is 0 Å². The van der Waals surface area contributed by atoms with Gasteiger partial charge in [-0.05, 0) is 50.3 Å². The monoisotopic (exact) mass is 342 g/mol. The van der Waals surface area contributed by atoms with E-state index in [0.717, 1.165) is 0 Å². The number of benzene rings is 3. The summed E-state index contributed by atoms with van der Waals surface area (Å²) < 4.78 is 0. The maximum Gasteiger partial charge on any atom is -0.0126 e. The fourth-order valence-corrected chi connectivity index (χ4v) is 3.42. The van der Waals surface area contributed by atoms with E-state index >= 15 is 0 Å². The van der Waals surface area contributed by atoms with Crippen LogP contribution in [0.15, 0.2) is 72.8 Å². The minimum atomic E-state index is 0.124. The van der Waals surface area contributed by atoms with E-state index in [1.807, 2.05) is 0 Å². The molecule has 0 aliphatic carbocycles. The van der Waals surface area contributed by atoms with E-state index in [1.165, 1.54) is 33.4 Å². The second-order valence-corrected chi connectivity index (χ2v) is 9.21. The van der Waals surface area contributed by atoms with Gasteiger partial charge in [-0.2, -0.15) is 0 Å². The van der Waals surface area contributed by atoms with E-state index in [-0.39, 0.29) is 10.8 Å². The van der Waals surface area contributed by atoms with Gasteiger partial charge in [-0.1, -0.05) is 108 Å². The molecular formula is C26H30. The fraction of sp³-hybridized carbons (Fsp3) is 0.308. The van der Waals surface area contributed by atoms with Crippen LogP contribution in [0.2, 0.25) is 0 Å². The predicted molar refractivity (Wildman–Crippen MR) is 115 cm³/mol. The summed E-state index contributed by atoms with van der Waals surface area (Å²) >= 11 is 0. The van der Waals surface area contributed by atoms with Gasteiger partial charge in [-0.15, -0.1) is 0 Å². The van der Waals surface area contributed by atoms with Crippen molar-refractivity contribution < 1.29 is 0 Å². The SMILES string of the molecule is CC(C)(C)c1cccc(-c2cccc(-c3ccccc3C(C)(C)C)c2)c1. The Labute approximate surface area is 158 Å². The van der Waals surface area contributed by atoms with Crippen molar-refractivity contribution in [2.75, 3.05) is 0 Å². The molecule has 0 saturated heterocycles. The van der Waals surface area contributed by atoms with Crippen LogP contribution in [-0.2, 0) is 10.8 Å². The molecule has 0 atom stereocenters. The predicted octanol–water partition coefficient (Wildman–Crippen LogP) is 7.62. The van der Waals surface area contributed by atoms with E-state index < -0.39 is 0 Å². The minimum Gasteiger partial charge on any atom is -0.0619 e. The Morgan fingerprint density at radius 3 is 1.73 bits per heavy atom. The Morgan fingerprint density at radius 2 is 1.08 bits per heavy atom. The normalized spacial score (nSPS) is 12.2. The lowest BCUT2D eigenvalue weighted by molar-refractivity contribution is 0.590. The molecule has 0 saturated carbocycles. The highest BCUT2D eigenvalue weighted by Gasteiger charge is 2.18. The maximum absolute atomic E-state index is 2.33. The molecule has 3 rings (SSSR count). The highest BCUT2D eigenvalue weighted by atomic mass is 14.2. The Balaban J connectivity index is 2.09. The standard InChI is InChI=1S/C26H30/c1-25(2,3)22-14-10-12-20(18-22)19-11-9-13-21(17-19)23-15-7-8-16-24(23)26(4,5)6/h7-18H,1-6H3. The first kappa shape index (κ1) is 18.5. The van der Waals surface area contributed by atoms with Gasteiger partial charge < -0.3 is 0 Å². The van der Waals surface area contributed by atoms with Crippen molar-refractivity contribution in [3.8, 4) is 22.3 Å². The Kier molecular flexibility index (Phi) is 4.80. The third kappa shape index (κ3) is 3.90. The van der Waals surface area contributed by atoms with Gasteiger partial charge in [0.1, 0.15) is 0 Å². The van der Waals surface area contributed by atoms with Gasteiger partial charge in [-0.25, -0.2) is 0 Å². The third-order valence-corrected chi connectivity index (χ3v) is 4.97. The molecule has 0 aliphatic rings. The van der Waals surface area contributed by atoms with Gasteiger partial charge in [0.25, 0.3) is 0 Å². The molecule has 0 aliphatic heterocycles.